The summed E-state index contributed by atoms with van der Waals surface area (Å²) in [5.74, 6) is 1.15. The monoisotopic (exact) mass is 123 g/mol. The molecule has 0 aromatic rings. The van der Waals surface area contributed by atoms with Gasteiger partial charge >= 0.3 is 0 Å². The van der Waals surface area contributed by atoms with Crippen LogP contribution < -0.4 is 0 Å². The van der Waals surface area contributed by atoms with E-state index in [1.54, 1.807) is 0 Å². The van der Waals surface area contributed by atoms with Gasteiger partial charge in [-0.25, -0.2) is 0 Å². The van der Waals surface area contributed by atoms with Gasteiger partial charge in [0.15, 0.2) is 0 Å². The third-order valence-electron chi connectivity index (χ3n) is 1.86. The summed E-state index contributed by atoms with van der Waals surface area (Å²) in [7, 11) is 2.11. The van der Waals surface area contributed by atoms with Crippen molar-refractivity contribution < 1.29 is 4.79 Å². The highest BCUT2D eigenvalue weighted by Crippen LogP contribution is 2.16. The molecule has 0 saturated carbocycles. The molecule has 1 nitrogen and oxygen atoms in total. The molecule has 0 N–H and O–H groups in total. The van der Waals surface area contributed by atoms with Crippen molar-refractivity contribution >= 4 is 13.1 Å². The first-order valence-corrected chi connectivity index (χ1v) is 3.62. The SMILES string of the molecule is CC1C[B]CC(=O)CC1. The van der Waals surface area contributed by atoms with Gasteiger partial charge in [-0.1, -0.05) is 19.2 Å². The number of hydrogen-bond acceptors (Lipinski definition) is 1. The van der Waals surface area contributed by atoms with E-state index in [2.05, 4.69) is 14.2 Å². The zero-order valence-corrected chi connectivity index (χ0v) is 5.89. The predicted molar refractivity (Wildman–Crippen MR) is 38.8 cm³/mol. The molecule has 0 aliphatic carbocycles. The highest BCUT2D eigenvalue weighted by Gasteiger charge is 2.12. The molecule has 0 spiro atoms. The fourth-order valence-corrected chi connectivity index (χ4v) is 1.16. The highest BCUT2D eigenvalue weighted by atomic mass is 16.1. The van der Waals surface area contributed by atoms with Crippen LogP contribution in [-0.2, 0) is 4.79 Å². The first-order valence-electron chi connectivity index (χ1n) is 3.62. The van der Waals surface area contributed by atoms with E-state index in [9.17, 15) is 4.79 Å². The van der Waals surface area contributed by atoms with E-state index < -0.39 is 0 Å². The molecule has 1 atom stereocenters. The summed E-state index contributed by atoms with van der Waals surface area (Å²) in [5, 5.41) is 0. The number of Topliss-reactive ketones (excluding diaryl/α,β-unsaturated/α-hetero) is 1. The van der Waals surface area contributed by atoms with Gasteiger partial charge in [-0.15, -0.1) is 0 Å². The zero-order valence-electron chi connectivity index (χ0n) is 5.89. The molecular weight excluding hydrogens is 111 g/mol. The summed E-state index contributed by atoms with van der Waals surface area (Å²) in [6, 6.07) is 0. The molecule has 1 saturated heterocycles. The Kier molecular flexibility index (Phi) is 2.32. The van der Waals surface area contributed by atoms with Crippen molar-refractivity contribution in [3.8, 4) is 0 Å². The van der Waals surface area contributed by atoms with Crippen LogP contribution in [0.4, 0.5) is 0 Å². The third-order valence-corrected chi connectivity index (χ3v) is 1.86. The van der Waals surface area contributed by atoms with Gasteiger partial charge in [-0.3, -0.25) is 0 Å². The minimum Gasteiger partial charge on any atom is -0.301 e. The van der Waals surface area contributed by atoms with Crippen LogP contribution in [0.2, 0.25) is 12.6 Å². The van der Waals surface area contributed by atoms with E-state index in [-0.39, 0.29) is 0 Å². The summed E-state index contributed by atoms with van der Waals surface area (Å²) >= 11 is 0. The van der Waals surface area contributed by atoms with Crippen LogP contribution in [0.15, 0.2) is 0 Å². The number of carbonyl (C=O) groups excluding carboxylic acids is 1. The fraction of sp³-hybridized carbons (Fsp3) is 0.857. The van der Waals surface area contributed by atoms with Gasteiger partial charge in [-0.2, -0.15) is 0 Å². The average Bonchev–Trinajstić information content (AvgIpc) is 1.97. The van der Waals surface area contributed by atoms with Crippen LogP contribution in [-0.4, -0.2) is 13.1 Å². The van der Waals surface area contributed by atoms with E-state index in [4.69, 9.17) is 0 Å². The maximum atomic E-state index is 10.8. The van der Waals surface area contributed by atoms with Gasteiger partial charge in [0.05, 0.1) is 0 Å². The Hall–Kier alpha value is -0.265. The predicted octanol–water partition coefficient (Wildman–Crippen LogP) is 1.53. The number of hydrogen-bond donors (Lipinski definition) is 0. The second-order valence-corrected chi connectivity index (χ2v) is 2.91. The van der Waals surface area contributed by atoms with Crippen molar-refractivity contribution in [1.29, 1.82) is 0 Å². The largest absolute Gasteiger partial charge is 0.301 e. The van der Waals surface area contributed by atoms with Crippen molar-refractivity contribution in [2.24, 2.45) is 5.92 Å². The topological polar surface area (TPSA) is 17.1 Å². The molecule has 1 aliphatic rings. The molecule has 1 rings (SSSR count). The molecule has 1 unspecified atom stereocenters. The van der Waals surface area contributed by atoms with E-state index in [1.807, 2.05) is 0 Å². The Morgan fingerprint density at radius 2 is 2.44 bits per heavy atom. The summed E-state index contributed by atoms with van der Waals surface area (Å²) < 4.78 is 0. The van der Waals surface area contributed by atoms with Crippen LogP contribution in [0.25, 0.3) is 0 Å². The van der Waals surface area contributed by atoms with E-state index >= 15 is 0 Å². The van der Waals surface area contributed by atoms with Gasteiger partial charge < -0.3 is 4.79 Å². The maximum absolute atomic E-state index is 10.8. The summed E-state index contributed by atoms with van der Waals surface area (Å²) in [5.41, 5.74) is 0. The van der Waals surface area contributed by atoms with E-state index in [0.717, 1.165) is 25.1 Å². The Morgan fingerprint density at radius 3 is 3.22 bits per heavy atom. The molecule has 1 radical (unpaired) electrons. The van der Waals surface area contributed by atoms with Gasteiger partial charge in [0.25, 0.3) is 0 Å². The zero-order chi connectivity index (χ0) is 6.69. The summed E-state index contributed by atoms with van der Waals surface area (Å²) in [6.45, 7) is 2.20. The minimum absolute atomic E-state index is 0.416. The lowest BCUT2D eigenvalue weighted by molar-refractivity contribution is -0.117. The molecule has 1 aliphatic heterocycles. The normalized spacial score (nSPS) is 29.0. The molecule has 0 amide bonds. The Balaban J connectivity index is 2.34. The van der Waals surface area contributed by atoms with Gasteiger partial charge in [0, 0.05) is 6.42 Å². The van der Waals surface area contributed by atoms with Gasteiger partial charge in [-0.05, 0) is 12.7 Å². The number of carbonyl (C=O) groups is 1. The second kappa shape index (κ2) is 3.04. The van der Waals surface area contributed by atoms with Crippen LogP contribution in [0.5, 0.6) is 0 Å². The average molecular weight is 123 g/mol. The maximum Gasteiger partial charge on any atom is 0.125 e. The molecular formula is C7H12BO. The molecule has 0 aromatic heterocycles. The second-order valence-electron chi connectivity index (χ2n) is 2.91. The smallest absolute Gasteiger partial charge is 0.125 e. The Bertz CT molecular complexity index is 111. The lowest BCUT2D eigenvalue weighted by Gasteiger charge is -2.02. The van der Waals surface area contributed by atoms with Crippen LogP contribution >= 0.6 is 0 Å². The highest BCUT2D eigenvalue weighted by molar-refractivity contribution is 6.41. The summed E-state index contributed by atoms with van der Waals surface area (Å²) in [4.78, 5) is 10.8. The van der Waals surface area contributed by atoms with Crippen molar-refractivity contribution in [3.05, 3.63) is 0 Å². The van der Waals surface area contributed by atoms with E-state index in [0.29, 0.717) is 12.1 Å². The quantitative estimate of drug-likeness (QED) is 0.446. The number of rotatable bonds is 0. The molecule has 0 bridgehead atoms. The lowest BCUT2D eigenvalue weighted by atomic mass is 9.68. The number of ketones is 1. The standard InChI is InChI=1S/C7H12BO/c1-6-2-3-7(9)5-8-4-6/h6H,2-5H2,1H3. The van der Waals surface area contributed by atoms with Crippen LogP contribution in [0, 0.1) is 5.92 Å². The van der Waals surface area contributed by atoms with Crippen LogP contribution in [0.1, 0.15) is 19.8 Å². The van der Waals surface area contributed by atoms with Crippen molar-refractivity contribution in [1.82, 2.24) is 0 Å². The molecule has 2 heteroatoms. The fourth-order valence-electron chi connectivity index (χ4n) is 1.16. The van der Waals surface area contributed by atoms with Crippen molar-refractivity contribution in [2.45, 2.75) is 32.4 Å². The molecule has 49 valence electrons. The molecule has 0 aromatic carbocycles. The third kappa shape index (κ3) is 2.21. The van der Waals surface area contributed by atoms with Crippen LogP contribution in [0.3, 0.4) is 0 Å². The van der Waals surface area contributed by atoms with E-state index in [1.165, 1.54) is 0 Å². The molecule has 9 heavy (non-hydrogen) atoms. The van der Waals surface area contributed by atoms with Gasteiger partial charge in [0.1, 0.15) is 13.1 Å². The molecule has 1 fully saturated rings. The van der Waals surface area contributed by atoms with Gasteiger partial charge in [0.2, 0.25) is 0 Å². The Labute approximate surface area is 57.1 Å². The van der Waals surface area contributed by atoms with Crippen molar-refractivity contribution in [2.75, 3.05) is 0 Å². The molecule has 1 heterocycles. The lowest BCUT2D eigenvalue weighted by Crippen LogP contribution is -1.96. The first kappa shape index (κ1) is 6.85. The first-order chi connectivity index (χ1) is 4.29. The summed E-state index contributed by atoms with van der Waals surface area (Å²) in [6.07, 6.45) is 3.74. The minimum atomic E-state index is 0.416. The van der Waals surface area contributed by atoms with Crippen molar-refractivity contribution in [3.63, 3.8) is 0 Å². The Morgan fingerprint density at radius 1 is 1.67 bits per heavy atom.